The summed E-state index contributed by atoms with van der Waals surface area (Å²) in [4.78, 5) is 12.2. The predicted molar refractivity (Wildman–Crippen MR) is 91.4 cm³/mol. The number of hydrogen-bond acceptors (Lipinski definition) is 5. The van der Waals surface area contributed by atoms with E-state index < -0.39 is 37.7 Å². The van der Waals surface area contributed by atoms with Crippen molar-refractivity contribution in [1.29, 1.82) is 0 Å². The number of halogens is 3. The molecule has 6 nitrogen and oxygen atoms in total. The Bertz CT molecular complexity index is 573. The standard InChI is InChI=1S/C16H24BF3N2O4/c1-3-11-5-4-6-12(7-11)8-14(17(24)25)22-15(23)13(9-26-2)21-10-16(18,19)20/h4-7,13-14,21,24-25H,3,8-10H2,1-2H3,(H,22,23). The van der Waals surface area contributed by atoms with Crippen LogP contribution in [0.1, 0.15) is 18.1 Å². The molecule has 1 rings (SSSR count). The molecule has 0 aliphatic rings. The number of benzene rings is 1. The molecule has 26 heavy (non-hydrogen) atoms. The van der Waals surface area contributed by atoms with Crippen LogP contribution in [0.4, 0.5) is 13.2 Å². The number of nitrogens with one attached hydrogen (secondary N) is 2. The molecule has 0 aliphatic carbocycles. The number of amides is 1. The van der Waals surface area contributed by atoms with Gasteiger partial charge >= 0.3 is 13.3 Å². The molecule has 10 heteroatoms. The van der Waals surface area contributed by atoms with E-state index in [0.29, 0.717) is 0 Å². The SMILES string of the molecule is CCc1cccc(CC(NC(=O)C(COC)NCC(F)(F)F)B(O)O)c1. The van der Waals surface area contributed by atoms with Crippen LogP contribution in [-0.2, 0) is 22.4 Å². The van der Waals surface area contributed by atoms with Crippen LogP contribution in [-0.4, -0.2) is 61.5 Å². The lowest BCUT2D eigenvalue weighted by molar-refractivity contribution is -0.133. The fourth-order valence-corrected chi connectivity index (χ4v) is 2.38. The van der Waals surface area contributed by atoms with Crippen molar-refractivity contribution in [2.75, 3.05) is 20.3 Å². The molecule has 0 heterocycles. The van der Waals surface area contributed by atoms with Crippen LogP contribution in [0.3, 0.4) is 0 Å². The molecule has 0 aromatic heterocycles. The molecule has 0 radical (unpaired) electrons. The lowest BCUT2D eigenvalue weighted by Crippen LogP contribution is -2.56. The quantitative estimate of drug-likeness (QED) is 0.446. The summed E-state index contributed by atoms with van der Waals surface area (Å²) in [5.41, 5.74) is 1.82. The summed E-state index contributed by atoms with van der Waals surface area (Å²) in [6, 6.07) is 6.10. The molecule has 2 atom stereocenters. The first kappa shape index (κ1) is 22.4. The second-order valence-electron chi connectivity index (χ2n) is 5.91. The zero-order valence-corrected chi connectivity index (χ0v) is 14.7. The Morgan fingerprint density at radius 1 is 1.31 bits per heavy atom. The minimum atomic E-state index is -4.48. The molecule has 1 aromatic carbocycles. The zero-order chi connectivity index (χ0) is 19.7. The second kappa shape index (κ2) is 10.5. The van der Waals surface area contributed by atoms with Crippen LogP contribution in [0, 0.1) is 0 Å². The zero-order valence-electron chi connectivity index (χ0n) is 14.7. The van der Waals surface area contributed by atoms with Crippen molar-refractivity contribution in [3.63, 3.8) is 0 Å². The molecule has 0 aliphatic heterocycles. The Balaban J connectivity index is 2.77. The van der Waals surface area contributed by atoms with Gasteiger partial charge in [0.05, 0.1) is 19.1 Å². The second-order valence-corrected chi connectivity index (χ2v) is 5.91. The van der Waals surface area contributed by atoms with E-state index in [4.69, 9.17) is 4.74 Å². The van der Waals surface area contributed by atoms with E-state index in [9.17, 15) is 28.0 Å². The summed E-state index contributed by atoms with van der Waals surface area (Å²) >= 11 is 0. The van der Waals surface area contributed by atoms with Gasteiger partial charge < -0.3 is 20.1 Å². The van der Waals surface area contributed by atoms with Gasteiger partial charge in [-0.1, -0.05) is 31.2 Å². The fraction of sp³-hybridized carbons (Fsp3) is 0.562. The third kappa shape index (κ3) is 8.18. The van der Waals surface area contributed by atoms with Crippen LogP contribution >= 0.6 is 0 Å². The van der Waals surface area contributed by atoms with Crippen molar-refractivity contribution in [1.82, 2.24) is 10.6 Å². The van der Waals surface area contributed by atoms with Gasteiger partial charge in [-0.15, -0.1) is 0 Å². The molecule has 1 aromatic rings. The number of carbonyl (C=O) groups is 1. The molecular weight excluding hydrogens is 352 g/mol. The van der Waals surface area contributed by atoms with Gasteiger partial charge in [0.1, 0.15) is 6.04 Å². The van der Waals surface area contributed by atoms with Crippen molar-refractivity contribution in [2.24, 2.45) is 0 Å². The van der Waals surface area contributed by atoms with Crippen molar-refractivity contribution >= 4 is 13.0 Å². The van der Waals surface area contributed by atoms with Gasteiger partial charge in [-0.25, -0.2) is 0 Å². The highest BCUT2D eigenvalue weighted by molar-refractivity contribution is 6.43. The summed E-state index contributed by atoms with van der Waals surface area (Å²) in [7, 11) is -0.612. The van der Waals surface area contributed by atoms with Crippen LogP contribution in [0.25, 0.3) is 0 Å². The van der Waals surface area contributed by atoms with E-state index in [-0.39, 0.29) is 13.0 Å². The maximum atomic E-state index is 12.4. The highest BCUT2D eigenvalue weighted by atomic mass is 19.4. The van der Waals surface area contributed by atoms with Crippen LogP contribution < -0.4 is 10.6 Å². The van der Waals surface area contributed by atoms with E-state index in [0.717, 1.165) is 17.5 Å². The highest BCUT2D eigenvalue weighted by Gasteiger charge is 2.32. The Morgan fingerprint density at radius 3 is 2.50 bits per heavy atom. The molecule has 0 saturated carbocycles. The minimum Gasteiger partial charge on any atom is -0.426 e. The van der Waals surface area contributed by atoms with Crippen LogP contribution in [0.5, 0.6) is 0 Å². The van der Waals surface area contributed by atoms with Crippen LogP contribution in [0.15, 0.2) is 24.3 Å². The number of methoxy groups -OCH3 is 1. The normalized spacial score (nSPS) is 14.0. The van der Waals surface area contributed by atoms with Crippen LogP contribution in [0.2, 0.25) is 0 Å². The van der Waals surface area contributed by atoms with Gasteiger partial charge in [-0.2, -0.15) is 13.2 Å². The smallest absolute Gasteiger partial charge is 0.426 e. The van der Waals surface area contributed by atoms with Gasteiger partial charge in [-0.05, 0) is 24.0 Å². The lowest BCUT2D eigenvalue weighted by atomic mass is 9.75. The summed E-state index contributed by atoms with van der Waals surface area (Å²) in [5, 5.41) is 23.5. The number of rotatable bonds is 10. The molecule has 2 unspecified atom stereocenters. The van der Waals surface area contributed by atoms with Gasteiger partial charge in [-0.3, -0.25) is 10.1 Å². The summed E-state index contributed by atoms with van der Waals surface area (Å²) in [6.07, 6.45) is -3.57. The van der Waals surface area contributed by atoms with Gasteiger partial charge in [0.2, 0.25) is 5.91 Å². The van der Waals surface area contributed by atoms with Crippen molar-refractivity contribution in [3.8, 4) is 0 Å². The number of carbonyl (C=O) groups excluding carboxylic acids is 1. The van der Waals surface area contributed by atoms with Crippen molar-refractivity contribution < 1.29 is 32.8 Å². The van der Waals surface area contributed by atoms with E-state index in [1.165, 1.54) is 7.11 Å². The number of ether oxygens (including phenoxy) is 1. The topological polar surface area (TPSA) is 90.8 Å². The van der Waals surface area contributed by atoms with Gasteiger partial charge in [0, 0.05) is 7.11 Å². The molecule has 1 amide bonds. The van der Waals surface area contributed by atoms with Gasteiger partial charge in [0.15, 0.2) is 0 Å². The first-order valence-electron chi connectivity index (χ1n) is 8.19. The molecular formula is C16H24BF3N2O4. The number of hydrogen-bond donors (Lipinski definition) is 4. The Hall–Kier alpha value is -1.62. The molecule has 0 saturated heterocycles. The molecule has 0 spiro atoms. The third-order valence-electron chi connectivity index (χ3n) is 3.74. The number of alkyl halides is 3. The predicted octanol–water partition coefficient (Wildman–Crippen LogP) is 0.455. The summed E-state index contributed by atoms with van der Waals surface area (Å²) in [5.74, 6) is -1.87. The van der Waals surface area contributed by atoms with Crippen molar-refractivity contribution in [2.45, 2.75) is 37.9 Å². The average molecular weight is 376 g/mol. The Labute approximate surface area is 150 Å². The highest BCUT2D eigenvalue weighted by Crippen LogP contribution is 2.13. The first-order valence-corrected chi connectivity index (χ1v) is 8.19. The summed E-state index contributed by atoms with van der Waals surface area (Å²) < 4.78 is 41.8. The monoisotopic (exact) mass is 376 g/mol. The maximum absolute atomic E-state index is 12.4. The summed E-state index contributed by atoms with van der Waals surface area (Å²) in [6.45, 7) is 0.321. The Kier molecular flexibility index (Phi) is 9.07. The first-order chi connectivity index (χ1) is 12.2. The van der Waals surface area contributed by atoms with E-state index in [2.05, 4.69) is 10.6 Å². The minimum absolute atomic E-state index is 0.121. The van der Waals surface area contributed by atoms with Crippen molar-refractivity contribution in [3.05, 3.63) is 35.4 Å². The number of aryl methyl sites for hydroxylation is 1. The van der Waals surface area contributed by atoms with E-state index in [1.807, 2.05) is 25.1 Å². The Morgan fingerprint density at radius 2 is 1.96 bits per heavy atom. The molecule has 0 fully saturated rings. The largest absolute Gasteiger partial charge is 0.475 e. The van der Waals surface area contributed by atoms with E-state index in [1.54, 1.807) is 6.07 Å². The lowest BCUT2D eigenvalue weighted by Gasteiger charge is -2.23. The van der Waals surface area contributed by atoms with E-state index >= 15 is 0 Å². The van der Waals surface area contributed by atoms with Gasteiger partial charge in [0.25, 0.3) is 0 Å². The molecule has 0 bridgehead atoms. The third-order valence-corrected chi connectivity index (χ3v) is 3.74. The fourth-order valence-electron chi connectivity index (χ4n) is 2.38. The molecule has 4 N–H and O–H groups in total. The average Bonchev–Trinajstić information content (AvgIpc) is 2.57. The molecule has 146 valence electrons. The maximum Gasteiger partial charge on any atom is 0.475 e.